The predicted molar refractivity (Wildman–Crippen MR) is 63.6 cm³/mol. The molecule has 0 heterocycles. The third-order valence-electron chi connectivity index (χ3n) is 2.56. The summed E-state index contributed by atoms with van der Waals surface area (Å²) in [5, 5.41) is 0. The quantitative estimate of drug-likeness (QED) is 0.661. The van der Waals surface area contributed by atoms with Crippen LogP contribution in [0.3, 0.4) is 0 Å². The van der Waals surface area contributed by atoms with E-state index >= 15 is 0 Å². The van der Waals surface area contributed by atoms with E-state index in [1.165, 1.54) is 30.4 Å². The highest BCUT2D eigenvalue weighted by Gasteiger charge is 2.02. The van der Waals surface area contributed by atoms with Gasteiger partial charge in [-0.3, -0.25) is 0 Å². The number of hydrogen-bond donors (Lipinski definition) is 0. The van der Waals surface area contributed by atoms with Crippen molar-refractivity contribution in [1.82, 2.24) is 0 Å². The van der Waals surface area contributed by atoms with Gasteiger partial charge in [-0.05, 0) is 42.4 Å². The minimum absolute atomic E-state index is 0.608. The summed E-state index contributed by atoms with van der Waals surface area (Å²) in [4.78, 5) is 0. The van der Waals surface area contributed by atoms with Crippen molar-refractivity contribution in [2.45, 2.75) is 46.0 Å². The van der Waals surface area contributed by atoms with Crippen LogP contribution in [0.4, 0.5) is 0 Å². The molecule has 1 aromatic carbocycles. The molecule has 0 saturated carbocycles. The van der Waals surface area contributed by atoms with E-state index in [0.29, 0.717) is 5.92 Å². The van der Waals surface area contributed by atoms with Crippen LogP contribution in [-0.2, 0) is 6.42 Å². The van der Waals surface area contributed by atoms with Crippen LogP contribution in [0.15, 0.2) is 18.2 Å². The lowest BCUT2D eigenvalue weighted by Crippen LogP contribution is -1.93. The molecule has 0 bridgehead atoms. The topological polar surface area (TPSA) is 0 Å². The van der Waals surface area contributed by atoms with E-state index in [4.69, 9.17) is 0 Å². The second kappa shape index (κ2) is 5.19. The van der Waals surface area contributed by atoms with Gasteiger partial charge < -0.3 is 0 Å². The number of unbranched alkanes of at least 4 members (excludes halogenated alkanes) is 1. The van der Waals surface area contributed by atoms with Crippen LogP contribution >= 0.6 is 0 Å². The van der Waals surface area contributed by atoms with Gasteiger partial charge >= 0.3 is 0 Å². The molecular weight excluding hydrogens is 168 g/mol. The van der Waals surface area contributed by atoms with Crippen LogP contribution in [0.2, 0.25) is 0 Å². The second-order valence-corrected chi connectivity index (χ2v) is 4.34. The zero-order valence-electron chi connectivity index (χ0n) is 9.64. The van der Waals surface area contributed by atoms with Crippen LogP contribution in [0.25, 0.3) is 0 Å². The molecule has 0 aromatic heterocycles. The summed E-state index contributed by atoms with van der Waals surface area (Å²) in [5.41, 5.74) is 4.02. The van der Waals surface area contributed by atoms with Gasteiger partial charge in [-0.2, -0.15) is 0 Å². The summed E-state index contributed by atoms with van der Waals surface area (Å²) in [6.45, 7) is 10.7. The molecule has 0 spiro atoms. The van der Waals surface area contributed by atoms with E-state index in [9.17, 15) is 0 Å². The molecule has 0 heteroatoms. The highest BCUT2D eigenvalue weighted by atomic mass is 14.1. The second-order valence-electron chi connectivity index (χ2n) is 4.34. The Bertz CT molecular complexity index is 284. The molecular formula is C14H21. The van der Waals surface area contributed by atoms with Gasteiger partial charge in [0.25, 0.3) is 0 Å². The zero-order chi connectivity index (χ0) is 10.6. The fourth-order valence-electron chi connectivity index (χ4n) is 1.65. The van der Waals surface area contributed by atoms with Crippen molar-refractivity contribution in [3.05, 3.63) is 41.8 Å². The standard InChI is InChI=1S/C14H21/c1-5-6-7-13-8-12(4)9-14(10-13)11(2)3/h8-11H,4-7H2,1-3H3. The summed E-state index contributed by atoms with van der Waals surface area (Å²) in [5.74, 6) is 0.608. The summed E-state index contributed by atoms with van der Waals surface area (Å²) < 4.78 is 0. The van der Waals surface area contributed by atoms with Crippen LogP contribution < -0.4 is 0 Å². The number of aryl methyl sites for hydroxylation is 1. The molecule has 0 aliphatic rings. The Morgan fingerprint density at radius 2 is 1.93 bits per heavy atom. The van der Waals surface area contributed by atoms with Gasteiger partial charge in [0.1, 0.15) is 0 Å². The monoisotopic (exact) mass is 189 g/mol. The first-order valence-corrected chi connectivity index (χ1v) is 5.59. The van der Waals surface area contributed by atoms with E-state index in [1.54, 1.807) is 0 Å². The molecule has 0 fully saturated rings. The van der Waals surface area contributed by atoms with Gasteiger partial charge in [-0.1, -0.05) is 45.4 Å². The van der Waals surface area contributed by atoms with Crippen molar-refractivity contribution in [2.75, 3.05) is 0 Å². The molecule has 0 amide bonds. The van der Waals surface area contributed by atoms with E-state index in [1.807, 2.05) is 0 Å². The Labute approximate surface area is 88.4 Å². The third-order valence-corrected chi connectivity index (χ3v) is 2.56. The first-order chi connectivity index (χ1) is 6.63. The molecule has 0 N–H and O–H groups in total. The SMILES string of the molecule is [CH2]c1cc(CCCC)cc(C(C)C)c1. The molecule has 14 heavy (non-hydrogen) atoms. The fourth-order valence-corrected chi connectivity index (χ4v) is 1.65. The third kappa shape index (κ3) is 3.17. The van der Waals surface area contributed by atoms with Crippen LogP contribution in [0.1, 0.15) is 56.2 Å². The van der Waals surface area contributed by atoms with Crippen molar-refractivity contribution < 1.29 is 0 Å². The first-order valence-electron chi connectivity index (χ1n) is 5.59. The summed E-state index contributed by atoms with van der Waals surface area (Å²) in [7, 11) is 0. The molecule has 0 aliphatic carbocycles. The number of rotatable bonds is 4. The average Bonchev–Trinajstić information content (AvgIpc) is 2.14. The van der Waals surface area contributed by atoms with E-state index in [2.05, 4.69) is 45.9 Å². The maximum absolute atomic E-state index is 4.03. The van der Waals surface area contributed by atoms with Gasteiger partial charge in [0.05, 0.1) is 0 Å². The minimum Gasteiger partial charge on any atom is -0.0654 e. The smallest absolute Gasteiger partial charge is 0.0219 e. The van der Waals surface area contributed by atoms with Crippen molar-refractivity contribution >= 4 is 0 Å². The Balaban J connectivity index is 2.84. The largest absolute Gasteiger partial charge is 0.0654 e. The molecule has 0 atom stereocenters. The lowest BCUT2D eigenvalue weighted by molar-refractivity contribution is 0.789. The van der Waals surface area contributed by atoms with Gasteiger partial charge in [0.15, 0.2) is 0 Å². The van der Waals surface area contributed by atoms with Crippen molar-refractivity contribution in [1.29, 1.82) is 0 Å². The molecule has 0 aliphatic heterocycles. The summed E-state index contributed by atoms with van der Waals surface area (Å²) >= 11 is 0. The summed E-state index contributed by atoms with van der Waals surface area (Å²) in [6.07, 6.45) is 3.74. The fraction of sp³-hybridized carbons (Fsp3) is 0.500. The molecule has 0 nitrogen and oxygen atoms in total. The molecule has 77 valence electrons. The van der Waals surface area contributed by atoms with E-state index < -0.39 is 0 Å². The van der Waals surface area contributed by atoms with Gasteiger partial charge in [-0.15, -0.1) is 0 Å². The predicted octanol–water partition coefficient (Wildman–Crippen LogP) is 4.33. The average molecular weight is 189 g/mol. The molecule has 1 aromatic rings. The molecule has 0 saturated heterocycles. The van der Waals surface area contributed by atoms with Crippen LogP contribution in [0, 0.1) is 6.92 Å². The Kier molecular flexibility index (Phi) is 4.19. The zero-order valence-corrected chi connectivity index (χ0v) is 9.64. The minimum atomic E-state index is 0.608. The van der Waals surface area contributed by atoms with Crippen LogP contribution in [0.5, 0.6) is 0 Å². The highest BCUT2D eigenvalue weighted by Crippen LogP contribution is 2.19. The Hall–Kier alpha value is -0.780. The van der Waals surface area contributed by atoms with Crippen molar-refractivity contribution in [3.63, 3.8) is 0 Å². The Morgan fingerprint density at radius 1 is 1.21 bits per heavy atom. The van der Waals surface area contributed by atoms with Crippen molar-refractivity contribution in [3.8, 4) is 0 Å². The highest BCUT2D eigenvalue weighted by molar-refractivity contribution is 5.33. The van der Waals surface area contributed by atoms with Crippen molar-refractivity contribution in [2.24, 2.45) is 0 Å². The number of hydrogen-bond acceptors (Lipinski definition) is 0. The normalized spacial score (nSPS) is 10.9. The van der Waals surface area contributed by atoms with Crippen LogP contribution in [-0.4, -0.2) is 0 Å². The van der Waals surface area contributed by atoms with Gasteiger partial charge in [0.2, 0.25) is 0 Å². The lowest BCUT2D eigenvalue weighted by atomic mass is 9.96. The van der Waals surface area contributed by atoms with Gasteiger partial charge in [-0.25, -0.2) is 0 Å². The van der Waals surface area contributed by atoms with E-state index in [0.717, 1.165) is 5.56 Å². The first kappa shape index (κ1) is 11.3. The van der Waals surface area contributed by atoms with Gasteiger partial charge in [0, 0.05) is 0 Å². The maximum Gasteiger partial charge on any atom is -0.0219 e. The summed E-state index contributed by atoms with van der Waals surface area (Å²) in [6, 6.07) is 6.73. The molecule has 1 radical (unpaired) electrons. The Morgan fingerprint density at radius 3 is 2.50 bits per heavy atom. The maximum atomic E-state index is 4.03. The molecule has 0 unspecified atom stereocenters. The number of benzene rings is 1. The van der Waals surface area contributed by atoms with E-state index in [-0.39, 0.29) is 0 Å². The lowest BCUT2D eigenvalue weighted by Gasteiger charge is -2.09. The molecule has 1 rings (SSSR count).